The van der Waals surface area contributed by atoms with E-state index in [1.807, 2.05) is 6.92 Å². The van der Waals surface area contributed by atoms with Crippen molar-refractivity contribution >= 4 is 17.5 Å². The number of aliphatic hydroxyl groups is 14. The SMILES string of the molecule is CC(=O)[C@H]1[C@@H](OC(=O)CC[C@@H](C)CO[C@@H]2O[C@H](CO)[C@@H](O)[C@H](O)[C@H]2O)C[C@H]2[C@@H]3CC[C@H]4C[C@@H](O[C@@H]5O[C@H](CO)[C@H](O[C@@H]6O[C@H](CO)[C@@H](O)[C@H](O)[C@H]6O[C@@H]6O[C@H](CO)[C@@H](O)[C@H](O)[C@H]6O)[C@H](O)[C@H]5O)CC[C@]4(C)[C@H]3CC(=O)[C@@]21C. The van der Waals surface area contributed by atoms with Crippen LogP contribution in [0.2, 0.25) is 0 Å². The third kappa shape index (κ3) is 11.7. The Labute approximate surface area is 445 Å². The van der Waals surface area contributed by atoms with Gasteiger partial charge in [-0.25, -0.2) is 0 Å². The minimum Gasteiger partial charge on any atom is -0.462 e. The molecule has 14 N–H and O–H groups in total. The maximum Gasteiger partial charge on any atom is 0.306 e. The molecule has 8 fully saturated rings. The fourth-order valence-corrected chi connectivity index (χ4v) is 14.3. The van der Waals surface area contributed by atoms with Crippen LogP contribution in [0.15, 0.2) is 0 Å². The van der Waals surface area contributed by atoms with Gasteiger partial charge < -0.3 is 114 Å². The zero-order chi connectivity index (χ0) is 56.2. The van der Waals surface area contributed by atoms with Gasteiger partial charge in [-0.2, -0.15) is 0 Å². The van der Waals surface area contributed by atoms with Crippen LogP contribution in [0.25, 0.3) is 0 Å². The summed E-state index contributed by atoms with van der Waals surface area (Å²) in [5.41, 5.74) is -1.40. The lowest BCUT2D eigenvalue weighted by atomic mass is 9.44. The maximum absolute atomic E-state index is 14.6. The Morgan fingerprint density at radius 3 is 1.74 bits per heavy atom. The van der Waals surface area contributed by atoms with Gasteiger partial charge in [0.1, 0.15) is 115 Å². The quantitative estimate of drug-likeness (QED) is 0.0451. The maximum atomic E-state index is 14.6. The largest absolute Gasteiger partial charge is 0.462 e. The number of hydrogen-bond acceptors (Lipinski definition) is 26. The van der Waals surface area contributed by atoms with Gasteiger partial charge >= 0.3 is 5.97 Å². The highest BCUT2D eigenvalue weighted by Crippen LogP contribution is 2.67. The molecule has 8 aliphatic rings. The summed E-state index contributed by atoms with van der Waals surface area (Å²) in [5, 5.41) is 146. The second-order valence-corrected chi connectivity index (χ2v) is 23.4. The molecule has 4 saturated heterocycles. The summed E-state index contributed by atoms with van der Waals surface area (Å²) in [5.74, 6) is -2.15. The molecule has 26 heteroatoms. The number of fused-ring (bicyclic) bond motifs is 5. The van der Waals surface area contributed by atoms with Crippen LogP contribution in [0.1, 0.15) is 85.5 Å². The van der Waals surface area contributed by atoms with E-state index in [1.165, 1.54) is 6.92 Å². The molecule has 8 rings (SSSR count). The molecule has 442 valence electrons. The number of carbonyl (C=O) groups excluding carboxylic acids is 3. The number of carbonyl (C=O) groups is 3. The molecule has 4 saturated carbocycles. The number of Topliss-reactive ketones (excluding diaryl/α,β-unsaturated/α-hetero) is 2. The lowest BCUT2D eigenvalue weighted by molar-refractivity contribution is -0.390. The summed E-state index contributed by atoms with van der Waals surface area (Å²) in [6.45, 7) is 4.19. The van der Waals surface area contributed by atoms with Gasteiger partial charge in [-0.1, -0.05) is 20.8 Å². The Hall–Kier alpha value is -2.07. The van der Waals surface area contributed by atoms with Crippen LogP contribution in [-0.4, -0.2) is 257 Å². The number of ketones is 2. The molecule has 0 amide bonds. The second-order valence-electron chi connectivity index (χ2n) is 23.4. The van der Waals surface area contributed by atoms with E-state index in [0.29, 0.717) is 32.1 Å². The highest BCUT2D eigenvalue weighted by Gasteiger charge is 2.68. The zero-order valence-corrected chi connectivity index (χ0v) is 43.7. The van der Waals surface area contributed by atoms with E-state index in [2.05, 4.69) is 6.92 Å². The highest BCUT2D eigenvalue weighted by molar-refractivity contribution is 5.94. The molecule has 0 radical (unpaired) electrons. The van der Waals surface area contributed by atoms with Gasteiger partial charge in [0.05, 0.1) is 45.1 Å². The van der Waals surface area contributed by atoms with Crippen LogP contribution in [0, 0.1) is 46.3 Å². The number of aliphatic hydroxyl groups excluding tert-OH is 14. The Morgan fingerprint density at radius 2 is 1.13 bits per heavy atom. The van der Waals surface area contributed by atoms with Crippen molar-refractivity contribution in [3.05, 3.63) is 0 Å². The molecule has 0 bridgehead atoms. The molecule has 4 aliphatic heterocycles. The Kier molecular flexibility index (Phi) is 19.6. The van der Waals surface area contributed by atoms with E-state index in [9.17, 15) is 85.9 Å². The van der Waals surface area contributed by atoms with Crippen LogP contribution in [-0.2, 0) is 57.0 Å². The fraction of sp³-hybridized carbons (Fsp3) is 0.941. The van der Waals surface area contributed by atoms with Crippen LogP contribution in [0.5, 0.6) is 0 Å². The molecule has 0 spiro atoms. The molecule has 26 nitrogen and oxygen atoms in total. The average molecular weight is 1110 g/mol. The number of esters is 1. The lowest BCUT2D eigenvalue weighted by Crippen LogP contribution is -2.67. The molecule has 4 heterocycles. The molecule has 0 aromatic rings. The van der Waals surface area contributed by atoms with Crippen molar-refractivity contribution in [3.63, 3.8) is 0 Å². The predicted octanol–water partition coefficient (Wildman–Crippen LogP) is -5.00. The summed E-state index contributed by atoms with van der Waals surface area (Å²) < 4.78 is 52.4. The average Bonchev–Trinajstić information content (AvgIpc) is 3.90. The molecule has 77 heavy (non-hydrogen) atoms. The first-order valence-corrected chi connectivity index (χ1v) is 27.1. The minimum atomic E-state index is -1.95. The number of ether oxygens (including phenoxy) is 9. The molecule has 0 aromatic carbocycles. The molecular formula is C51H82O26. The number of hydrogen-bond donors (Lipinski definition) is 14. The van der Waals surface area contributed by atoms with E-state index < -0.39 is 179 Å². The van der Waals surface area contributed by atoms with Gasteiger partial charge in [0.15, 0.2) is 25.2 Å². The van der Waals surface area contributed by atoms with Crippen molar-refractivity contribution in [1.29, 1.82) is 0 Å². The van der Waals surface area contributed by atoms with Crippen LogP contribution >= 0.6 is 0 Å². The van der Waals surface area contributed by atoms with E-state index in [-0.39, 0.29) is 66.0 Å². The minimum absolute atomic E-state index is 0.00419. The smallest absolute Gasteiger partial charge is 0.306 e. The third-order valence-electron chi connectivity index (χ3n) is 18.9. The van der Waals surface area contributed by atoms with Crippen LogP contribution < -0.4 is 0 Å². The predicted molar refractivity (Wildman–Crippen MR) is 254 cm³/mol. The first kappa shape index (κ1) is 61.0. The Balaban J connectivity index is 0.870. The summed E-state index contributed by atoms with van der Waals surface area (Å²) in [6, 6.07) is 0. The normalized spacial score (nSPS) is 50.5. The van der Waals surface area contributed by atoms with E-state index in [4.69, 9.17) is 42.6 Å². The van der Waals surface area contributed by atoms with Gasteiger partial charge in [-0.15, -0.1) is 0 Å². The summed E-state index contributed by atoms with van der Waals surface area (Å²) in [7, 11) is 0. The first-order chi connectivity index (χ1) is 36.4. The number of rotatable bonds is 18. The van der Waals surface area contributed by atoms with E-state index in [1.54, 1.807) is 6.92 Å². The monoisotopic (exact) mass is 1110 g/mol. The summed E-state index contributed by atoms with van der Waals surface area (Å²) in [4.78, 5) is 41.5. The lowest BCUT2D eigenvalue weighted by Gasteiger charge is -2.60. The molecular weight excluding hydrogens is 1030 g/mol. The molecule has 30 atom stereocenters. The van der Waals surface area contributed by atoms with Crippen molar-refractivity contribution in [2.24, 2.45) is 46.3 Å². The van der Waals surface area contributed by atoms with Gasteiger partial charge in [0, 0.05) is 18.3 Å². The van der Waals surface area contributed by atoms with Crippen molar-refractivity contribution in [3.8, 4) is 0 Å². The highest BCUT2D eigenvalue weighted by atomic mass is 16.8. The second kappa shape index (κ2) is 24.8. The van der Waals surface area contributed by atoms with Crippen molar-refractivity contribution in [1.82, 2.24) is 0 Å². The fourth-order valence-electron chi connectivity index (χ4n) is 14.3. The standard InChI is InChI=1S/C51H82O26/c1-19(18-69-46-41(66)37(62)34(59)27(14-52)72-46)5-8-32(58)71-26-12-25-23-7-6-21-11-22(9-10-50(21,3)24(23)13-31(57)51(25,4)33(26)20(2)56)70-47-43(68)40(65)44(30(17-55)75-47)76-49-45(39(64)36(61)29(16-54)74-49)77-48-42(67)38(63)35(60)28(15-53)73-48/h19,21-30,33-49,52-55,59-68H,5-18H2,1-4H3/t19-,21+,22+,23-,24+,25+,26+,27-,28-,29-,30-,33+,34-,35-,36-,37+,38+,39+,40-,41-,42-,43-,44+,45-,46-,47-,48+,49+,50+,51-/m1/s1. The van der Waals surface area contributed by atoms with Gasteiger partial charge in [-0.3, -0.25) is 14.4 Å². The molecule has 0 aromatic heterocycles. The summed E-state index contributed by atoms with van der Waals surface area (Å²) >= 11 is 0. The zero-order valence-electron chi connectivity index (χ0n) is 43.7. The van der Waals surface area contributed by atoms with Gasteiger partial charge in [0.2, 0.25) is 0 Å². The van der Waals surface area contributed by atoms with Crippen LogP contribution in [0.3, 0.4) is 0 Å². The van der Waals surface area contributed by atoms with Crippen molar-refractivity contribution in [2.45, 2.75) is 221 Å². The molecule has 0 unspecified atom stereocenters. The topological polar surface area (TPSA) is 418 Å². The van der Waals surface area contributed by atoms with Crippen molar-refractivity contribution in [2.75, 3.05) is 33.0 Å². The molecule has 4 aliphatic carbocycles. The van der Waals surface area contributed by atoms with Crippen molar-refractivity contribution < 1.29 is 129 Å². The Morgan fingerprint density at radius 1 is 0.610 bits per heavy atom. The first-order valence-electron chi connectivity index (χ1n) is 27.1. The van der Waals surface area contributed by atoms with Gasteiger partial charge in [-0.05, 0) is 86.9 Å². The van der Waals surface area contributed by atoms with Crippen LogP contribution in [0.4, 0.5) is 0 Å². The van der Waals surface area contributed by atoms with Gasteiger partial charge in [0.25, 0.3) is 0 Å². The van der Waals surface area contributed by atoms with E-state index >= 15 is 0 Å². The summed E-state index contributed by atoms with van der Waals surface area (Å²) in [6.07, 6.45) is -30.5. The Bertz CT molecular complexity index is 2000. The van der Waals surface area contributed by atoms with E-state index in [0.717, 1.165) is 12.8 Å². The third-order valence-corrected chi connectivity index (χ3v) is 18.9.